The van der Waals surface area contributed by atoms with Crippen LogP contribution >= 0.6 is 11.3 Å². The van der Waals surface area contributed by atoms with Crippen LogP contribution in [0.1, 0.15) is 11.8 Å². The summed E-state index contributed by atoms with van der Waals surface area (Å²) in [6.45, 7) is 3.96. The quantitative estimate of drug-likeness (QED) is 0.739. The molecule has 1 aromatic heterocycles. The molecule has 1 amide bonds. The zero-order valence-corrected chi connectivity index (χ0v) is 9.19. The molecule has 14 heavy (non-hydrogen) atoms. The summed E-state index contributed by atoms with van der Waals surface area (Å²) < 4.78 is 0. The third-order valence-electron chi connectivity index (χ3n) is 1.81. The van der Waals surface area contributed by atoms with Crippen molar-refractivity contribution in [2.45, 2.75) is 13.3 Å². The maximum Gasteiger partial charge on any atom is 0.233 e. The second-order valence-electron chi connectivity index (χ2n) is 2.96. The van der Waals surface area contributed by atoms with Crippen molar-refractivity contribution in [3.63, 3.8) is 0 Å². The molecule has 0 saturated heterocycles. The zero-order valence-electron chi connectivity index (χ0n) is 8.38. The monoisotopic (exact) mass is 212 g/mol. The van der Waals surface area contributed by atoms with Crippen LogP contribution in [0.5, 0.6) is 0 Å². The van der Waals surface area contributed by atoms with Crippen LogP contribution in [0.2, 0.25) is 0 Å². The molecule has 0 aliphatic heterocycles. The SMILES string of the molecule is CCNCC(=O)NCCc1cccs1. The summed E-state index contributed by atoms with van der Waals surface area (Å²) in [4.78, 5) is 12.5. The number of carbonyl (C=O) groups is 1. The van der Waals surface area contributed by atoms with E-state index in [0.717, 1.165) is 19.5 Å². The average Bonchev–Trinajstić information content (AvgIpc) is 2.67. The van der Waals surface area contributed by atoms with Gasteiger partial charge in [0.05, 0.1) is 6.54 Å². The first-order valence-electron chi connectivity index (χ1n) is 4.82. The van der Waals surface area contributed by atoms with Crippen LogP contribution in [0.3, 0.4) is 0 Å². The van der Waals surface area contributed by atoms with E-state index >= 15 is 0 Å². The van der Waals surface area contributed by atoms with E-state index in [9.17, 15) is 4.79 Å². The fraction of sp³-hybridized carbons (Fsp3) is 0.500. The Bertz CT molecular complexity index is 259. The molecule has 1 rings (SSSR count). The van der Waals surface area contributed by atoms with E-state index in [1.807, 2.05) is 13.0 Å². The molecule has 0 aliphatic carbocycles. The van der Waals surface area contributed by atoms with Crippen molar-refractivity contribution >= 4 is 17.2 Å². The highest BCUT2D eigenvalue weighted by Gasteiger charge is 1.99. The highest BCUT2D eigenvalue weighted by atomic mass is 32.1. The Labute approximate surface area is 88.5 Å². The molecule has 0 radical (unpaired) electrons. The van der Waals surface area contributed by atoms with Gasteiger partial charge in [-0.25, -0.2) is 0 Å². The third kappa shape index (κ3) is 4.39. The van der Waals surface area contributed by atoms with Crippen molar-refractivity contribution in [2.75, 3.05) is 19.6 Å². The van der Waals surface area contributed by atoms with Crippen molar-refractivity contribution in [1.29, 1.82) is 0 Å². The maximum atomic E-state index is 11.2. The van der Waals surface area contributed by atoms with Gasteiger partial charge in [0.25, 0.3) is 0 Å². The van der Waals surface area contributed by atoms with Crippen molar-refractivity contribution in [3.05, 3.63) is 22.4 Å². The predicted molar refractivity (Wildman–Crippen MR) is 59.6 cm³/mol. The van der Waals surface area contributed by atoms with Gasteiger partial charge in [-0.1, -0.05) is 13.0 Å². The summed E-state index contributed by atoms with van der Waals surface area (Å²) in [7, 11) is 0. The van der Waals surface area contributed by atoms with Crippen LogP contribution in [0.15, 0.2) is 17.5 Å². The minimum absolute atomic E-state index is 0.0726. The molecule has 2 N–H and O–H groups in total. The van der Waals surface area contributed by atoms with E-state index in [-0.39, 0.29) is 5.91 Å². The van der Waals surface area contributed by atoms with Gasteiger partial charge in [-0.15, -0.1) is 11.3 Å². The molecule has 0 saturated carbocycles. The van der Waals surface area contributed by atoms with Gasteiger partial charge in [0, 0.05) is 11.4 Å². The number of likely N-dealkylation sites (N-methyl/N-ethyl adjacent to an activating group) is 1. The second-order valence-corrected chi connectivity index (χ2v) is 3.99. The molecular weight excluding hydrogens is 196 g/mol. The number of thiophene rings is 1. The Balaban J connectivity index is 2.06. The first kappa shape index (κ1) is 11.2. The van der Waals surface area contributed by atoms with Crippen LogP contribution < -0.4 is 10.6 Å². The van der Waals surface area contributed by atoms with Gasteiger partial charge in [0.1, 0.15) is 0 Å². The van der Waals surface area contributed by atoms with Gasteiger partial charge in [0.15, 0.2) is 0 Å². The Morgan fingerprint density at radius 2 is 2.43 bits per heavy atom. The van der Waals surface area contributed by atoms with Gasteiger partial charge < -0.3 is 10.6 Å². The summed E-state index contributed by atoms with van der Waals surface area (Å²) in [5.41, 5.74) is 0. The summed E-state index contributed by atoms with van der Waals surface area (Å²) >= 11 is 1.73. The number of amides is 1. The van der Waals surface area contributed by atoms with Crippen molar-refractivity contribution in [2.24, 2.45) is 0 Å². The summed E-state index contributed by atoms with van der Waals surface area (Å²) in [5.74, 6) is 0.0726. The average molecular weight is 212 g/mol. The first-order valence-corrected chi connectivity index (χ1v) is 5.70. The lowest BCUT2D eigenvalue weighted by molar-refractivity contribution is -0.120. The lowest BCUT2D eigenvalue weighted by Crippen LogP contribution is -2.34. The van der Waals surface area contributed by atoms with E-state index in [1.165, 1.54) is 4.88 Å². The normalized spacial score (nSPS) is 10.1. The van der Waals surface area contributed by atoms with Crippen LogP contribution in [0.4, 0.5) is 0 Å². The fourth-order valence-electron chi connectivity index (χ4n) is 1.08. The highest BCUT2D eigenvalue weighted by Crippen LogP contribution is 2.07. The van der Waals surface area contributed by atoms with Gasteiger partial charge in [-0.3, -0.25) is 4.79 Å². The zero-order chi connectivity index (χ0) is 10.2. The first-order chi connectivity index (χ1) is 6.83. The van der Waals surface area contributed by atoms with Gasteiger partial charge in [-0.05, 0) is 24.4 Å². The molecular formula is C10H16N2OS. The molecule has 0 bridgehead atoms. The highest BCUT2D eigenvalue weighted by molar-refractivity contribution is 7.09. The molecule has 3 nitrogen and oxygen atoms in total. The predicted octanol–water partition coefficient (Wildman–Crippen LogP) is 1.02. The van der Waals surface area contributed by atoms with Crippen LogP contribution in [-0.4, -0.2) is 25.5 Å². The minimum atomic E-state index is 0.0726. The molecule has 1 heterocycles. The van der Waals surface area contributed by atoms with E-state index < -0.39 is 0 Å². The van der Waals surface area contributed by atoms with E-state index in [1.54, 1.807) is 11.3 Å². The van der Waals surface area contributed by atoms with E-state index in [4.69, 9.17) is 0 Å². The number of rotatable bonds is 6. The lowest BCUT2D eigenvalue weighted by atomic mass is 10.3. The second kappa shape index (κ2) is 6.56. The van der Waals surface area contributed by atoms with Gasteiger partial charge >= 0.3 is 0 Å². The maximum absolute atomic E-state index is 11.2. The molecule has 0 aromatic carbocycles. The molecule has 0 aliphatic rings. The number of nitrogens with one attached hydrogen (secondary N) is 2. The number of hydrogen-bond donors (Lipinski definition) is 2. The molecule has 78 valence electrons. The van der Waals surface area contributed by atoms with Gasteiger partial charge in [-0.2, -0.15) is 0 Å². The molecule has 4 heteroatoms. The molecule has 0 atom stereocenters. The smallest absolute Gasteiger partial charge is 0.233 e. The van der Waals surface area contributed by atoms with E-state index in [0.29, 0.717) is 6.54 Å². The van der Waals surface area contributed by atoms with Crippen LogP contribution in [0, 0.1) is 0 Å². The topological polar surface area (TPSA) is 41.1 Å². The Hall–Kier alpha value is -0.870. The summed E-state index contributed by atoms with van der Waals surface area (Å²) in [6, 6.07) is 4.11. The Morgan fingerprint density at radius 1 is 1.57 bits per heavy atom. The van der Waals surface area contributed by atoms with Gasteiger partial charge in [0.2, 0.25) is 5.91 Å². The summed E-state index contributed by atoms with van der Waals surface area (Å²) in [6.07, 6.45) is 0.926. The van der Waals surface area contributed by atoms with E-state index in [2.05, 4.69) is 22.1 Å². The Morgan fingerprint density at radius 3 is 3.07 bits per heavy atom. The largest absolute Gasteiger partial charge is 0.355 e. The van der Waals surface area contributed by atoms with Crippen molar-refractivity contribution in [3.8, 4) is 0 Å². The molecule has 0 fully saturated rings. The Kier molecular flexibility index (Phi) is 5.25. The molecule has 0 unspecified atom stereocenters. The van der Waals surface area contributed by atoms with Crippen LogP contribution in [0.25, 0.3) is 0 Å². The number of carbonyl (C=O) groups excluding carboxylic acids is 1. The minimum Gasteiger partial charge on any atom is -0.355 e. The number of hydrogen-bond acceptors (Lipinski definition) is 3. The third-order valence-corrected chi connectivity index (χ3v) is 2.75. The lowest BCUT2D eigenvalue weighted by Gasteiger charge is -2.03. The molecule has 0 spiro atoms. The standard InChI is InChI=1S/C10H16N2OS/c1-2-11-8-10(13)12-6-5-9-4-3-7-14-9/h3-4,7,11H,2,5-6,8H2,1H3,(H,12,13). The van der Waals surface area contributed by atoms with Crippen LogP contribution in [-0.2, 0) is 11.2 Å². The molecule has 1 aromatic rings. The fourth-order valence-corrected chi connectivity index (χ4v) is 1.79. The summed E-state index contributed by atoms with van der Waals surface area (Å²) in [5, 5.41) is 7.89. The van der Waals surface area contributed by atoms with Crippen molar-refractivity contribution in [1.82, 2.24) is 10.6 Å². The van der Waals surface area contributed by atoms with Crippen molar-refractivity contribution < 1.29 is 4.79 Å².